The highest BCUT2D eigenvalue weighted by Gasteiger charge is 2.35. The smallest absolute Gasteiger partial charge is 0.261 e. The molecular weight excluding hydrogens is 328 g/mol. The highest BCUT2D eigenvalue weighted by molar-refractivity contribution is 6.21. The first kappa shape index (κ1) is 17.9. The van der Waals surface area contributed by atoms with Crippen LogP contribution in [0.25, 0.3) is 0 Å². The quantitative estimate of drug-likeness (QED) is 0.718. The number of fused-ring (bicyclic) bond motifs is 1. The Balaban J connectivity index is 1.75. The summed E-state index contributed by atoms with van der Waals surface area (Å²) < 4.78 is 0. The molecule has 0 fully saturated rings. The largest absolute Gasteiger partial charge is 0.311 e. The molecule has 0 spiro atoms. The minimum absolute atomic E-state index is 0.00894. The fraction of sp³-hybridized carbons (Fsp3) is 0.286. The van der Waals surface area contributed by atoms with Crippen molar-refractivity contribution in [3.05, 3.63) is 65.7 Å². The number of carbonyl (C=O) groups is 3. The van der Waals surface area contributed by atoms with E-state index < -0.39 is 0 Å². The van der Waals surface area contributed by atoms with Gasteiger partial charge < -0.3 is 4.90 Å². The van der Waals surface area contributed by atoms with Gasteiger partial charge >= 0.3 is 0 Å². The van der Waals surface area contributed by atoms with Gasteiger partial charge in [0.25, 0.3) is 11.8 Å². The Bertz CT molecular complexity index is 782. The van der Waals surface area contributed by atoms with Crippen molar-refractivity contribution < 1.29 is 14.4 Å². The lowest BCUT2D eigenvalue weighted by atomic mass is 10.1. The molecule has 1 aliphatic heterocycles. The Kier molecular flexibility index (Phi) is 5.46. The highest BCUT2D eigenvalue weighted by atomic mass is 16.2. The highest BCUT2D eigenvalue weighted by Crippen LogP contribution is 2.23. The number of carbonyl (C=O) groups excluding carboxylic acids is 3. The first-order chi connectivity index (χ1) is 12.6. The van der Waals surface area contributed by atoms with Crippen LogP contribution in [0.1, 0.15) is 46.9 Å². The van der Waals surface area contributed by atoms with Gasteiger partial charge in [-0.1, -0.05) is 43.7 Å². The van der Waals surface area contributed by atoms with E-state index in [1.54, 1.807) is 29.2 Å². The Morgan fingerprint density at radius 2 is 1.50 bits per heavy atom. The Morgan fingerprint density at radius 3 is 2.08 bits per heavy atom. The average molecular weight is 350 g/mol. The van der Waals surface area contributed by atoms with Crippen molar-refractivity contribution in [1.82, 2.24) is 4.90 Å². The van der Waals surface area contributed by atoms with E-state index in [2.05, 4.69) is 0 Å². The number of nitrogens with zero attached hydrogens (tertiary/aromatic N) is 2. The van der Waals surface area contributed by atoms with E-state index in [4.69, 9.17) is 0 Å². The van der Waals surface area contributed by atoms with Crippen LogP contribution in [0.5, 0.6) is 0 Å². The third kappa shape index (κ3) is 3.52. The molecule has 0 N–H and O–H groups in total. The van der Waals surface area contributed by atoms with Crippen LogP contribution in [-0.4, -0.2) is 35.7 Å². The van der Waals surface area contributed by atoms with Gasteiger partial charge in [0.15, 0.2) is 0 Å². The number of unbranched alkanes of at least 4 members (excludes halogenated alkanes) is 1. The lowest BCUT2D eigenvalue weighted by Gasteiger charge is -2.25. The lowest BCUT2D eigenvalue weighted by Crippen LogP contribution is -2.41. The van der Waals surface area contributed by atoms with Crippen LogP contribution in [0.3, 0.4) is 0 Å². The van der Waals surface area contributed by atoms with Crippen LogP contribution in [0.4, 0.5) is 5.69 Å². The van der Waals surface area contributed by atoms with E-state index in [-0.39, 0.29) is 30.8 Å². The maximum Gasteiger partial charge on any atom is 0.261 e. The number of para-hydroxylation sites is 1. The third-order valence-electron chi connectivity index (χ3n) is 4.54. The second kappa shape index (κ2) is 7.95. The number of imide groups is 1. The molecule has 0 aromatic heterocycles. The van der Waals surface area contributed by atoms with Crippen LogP contribution >= 0.6 is 0 Å². The Labute approximate surface area is 153 Å². The summed E-state index contributed by atoms with van der Waals surface area (Å²) in [4.78, 5) is 40.5. The molecule has 26 heavy (non-hydrogen) atoms. The molecule has 0 saturated heterocycles. The normalized spacial score (nSPS) is 13.0. The van der Waals surface area contributed by atoms with E-state index in [1.807, 2.05) is 37.3 Å². The van der Waals surface area contributed by atoms with Crippen molar-refractivity contribution in [1.29, 1.82) is 0 Å². The number of anilines is 1. The first-order valence-electron chi connectivity index (χ1n) is 8.94. The summed E-state index contributed by atoms with van der Waals surface area (Å²) in [7, 11) is 0. The molecule has 1 aliphatic rings. The number of hydrogen-bond donors (Lipinski definition) is 0. The molecule has 5 nitrogen and oxygen atoms in total. The second-order valence-corrected chi connectivity index (χ2v) is 6.29. The van der Waals surface area contributed by atoms with Crippen LogP contribution in [0, 0.1) is 0 Å². The molecule has 0 aliphatic carbocycles. The van der Waals surface area contributed by atoms with Crippen molar-refractivity contribution >= 4 is 23.4 Å². The summed E-state index contributed by atoms with van der Waals surface area (Å²) in [6, 6.07) is 16.2. The van der Waals surface area contributed by atoms with Gasteiger partial charge in [-0.05, 0) is 30.7 Å². The molecular formula is C21H22N2O3. The van der Waals surface area contributed by atoms with Gasteiger partial charge in [-0.15, -0.1) is 0 Å². The molecule has 3 amide bonds. The Morgan fingerprint density at radius 1 is 0.923 bits per heavy atom. The van der Waals surface area contributed by atoms with E-state index in [9.17, 15) is 14.4 Å². The van der Waals surface area contributed by atoms with Crippen molar-refractivity contribution in [2.24, 2.45) is 0 Å². The summed E-state index contributed by atoms with van der Waals surface area (Å²) in [5.41, 5.74) is 1.65. The number of hydrogen-bond acceptors (Lipinski definition) is 3. The SMILES string of the molecule is CCCCC(=O)N(CCN1C(=O)c2ccccc2C1=O)c1ccccc1. The number of benzene rings is 2. The van der Waals surface area contributed by atoms with Gasteiger partial charge in [-0.25, -0.2) is 0 Å². The molecule has 2 aromatic rings. The monoisotopic (exact) mass is 350 g/mol. The van der Waals surface area contributed by atoms with Gasteiger partial charge in [0, 0.05) is 25.2 Å². The summed E-state index contributed by atoms with van der Waals surface area (Å²) >= 11 is 0. The second-order valence-electron chi connectivity index (χ2n) is 6.29. The summed E-state index contributed by atoms with van der Waals surface area (Å²) in [5, 5.41) is 0. The molecule has 2 aromatic carbocycles. The number of rotatable bonds is 7. The fourth-order valence-electron chi connectivity index (χ4n) is 3.11. The van der Waals surface area contributed by atoms with Crippen LogP contribution in [0.2, 0.25) is 0 Å². The number of amides is 3. The standard InChI is InChI=1S/C21H22N2O3/c1-2-3-13-19(24)22(16-9-5-4-6-10-16)14-15-23-20(25)17-11-7-8-12-18(17)21(23)26/h4-12H,2-3,13-15H2,1H3. The Hall–Kier alpha value is -2.95. The van der Waals surface area contributed by atoms with E-state index in [1.165, 1.54) is 4.90 Å². The van der Waals surface area contributed by atoms with Crippen LogP contribution < -0.4 is 4.90 Å². The van der Waals surface area contributed by atoms with Gasteiger partial charge in [-0.3, -0.25) is 19.3 Å². The zero-order chi connectivity index (χ0) is 18.5. The first-order valence-corrected chi connectivity index (χ1v) is 8.94. The lowest BCUT2D eigenvalue weighted by molar-refractivity contribution is -0.118. The van der Waals surface area contributed by atoms with Gasteiger partial charge in [0.05, 0.1) is 11.1 Å². The molecule has 3 rings (SSSR count). The maximum absolute atomic E-state index is 12.6. The van der Waals surface area contributed by atoms with Crippen LogP contribution in [0.15, 0.2) is 54.6 Å². The average Bonchev–Trinajstić information content (AvgIpc) is 2.92. The minimum atomic E-state index is -0.292. The molecule has 0 saturated carbocycles. The summed E-state index contributed by atoms with van der Waals surface area (Å²) in [6.07, 6.45) is 2.20. The predicted octanol–water partition coefficient (Wildman–Crippen LogP) is 3.51. The topological polar surface area (TPSA) is 57.7 Å². The predicted molar refractivity (Wildman–Crippen MR) is 100 cm³/mol. The van der Waals surface area contributed by atoms with E-state index >= 15 is 0 Å². The molecule has 0 unspecified atom stereocenters. The van der Waals surface area contributed by atoms with Crippen molar-refractivity contribution in [3.63, 3.8) is 0 Å². The van der Waals surface area contributed by atoms with Gasteiger partial charge in [0.1, 0.15) is 0 Å². The van der Waals surface area contributed by atoms with Crippen molar-refractivity contribution in [2.45, 2.75) is 26.2 Å². The minimum Gasteiger partial charge on any atom is -0.311 e. The van der Waals surface area contributed by atoms with Crippen molar-refractivity contribution in [2.75, 3.05) is 18.0 Å². The zero-order valence-corrected chi connectivity index (χ0v) is 14.9. The van der Waals surface area contributed by atoms with Crippen LogP contribution in [-0.2, 0) is 4.79 Å². The molecule has 0 bridgehead atoms. The van der Waals surface area contributed by atoms with E-state index in [0.29, 0.717) is 17.5 Å². The molecule has 0 atom stereocenters. The van der Waals surface area contributed by atoms with Crippen molar-refractivity contribution in [3.8, 4) is 0 Å². The molecule has 1 heterocycles. The van der Waals surface area contributed by atoms with Gasteiger partial charge in [-0.2, -0.15) is 0 Å². The van der Waals surface area contributed by atoms with Gasteiger partial charge in [0.2, 0.25) is 5.91 Å². The molecule has 0 radical (unpaired) electrons. The molecule has 134 valence electrons. The molecule has 5 heteroatoms. The van der Waals surface area contributed by atoms with E-state index in [0.717, 1.165) is 18.5 Å². The summed E-state index contributed by atoms with van der Waals surface area (Å²) in [6.45, 7) is 2.51. The zero-order valence-electron chi connectivity index (χ0n) is 14.9. The summed E-state index contributed by atoms with van der Waals surface area (Å²) in [5.74, 6) is -0.575. The fourth-order valence-corrected chi connectivity index (χ4v) is 3.11. The maximum atomic E-state index is 12.6. The third-order valence-corrected chi connectivity index (χ3v) is 4.54.